The van der Waals surface area contributed by atoms with Crippen molar-refractivity contribution in [2.24, 2.45) is 11.8 Å². The smallest absolute Gasteiger partial charge is 0.117 e. The van der Waals surface area contributed by atoms with Gasteiger partial charge in [0, 0.05) is 12.0 Å². The lowest BCUT2D eigenvalue weighted by atomic mass is 9.67. The molecule has 2 N–H and O–H groups in total. The van der Waals surface area contributed by atoms with E-state index in [0.717, 1.165) is 28.7 Å². The summed E-state index contributed by atoms with van der Waals surface area (Å²) in [5, 5.41) is 9.56. The Balaban J connectivity index is 1.59. The second-order valence-corrected chi connectivity index (χ2v) is 6.64. The van der Waals surface area contributed by atoms with E-state index in [1.54, 1.807) is 12.1 Å². The van der Waals surface area contributed by atoms with Gasteiger partial charge in [0.05, 0.1) is 11.0 Å². The van der Waals surface area contributed by atoms with Gasteiger partial charge in [-0.1, -0.05) is 25.7 Å². The number of aromatic hydroxyl groups is 1. The van der Waals surface area contributed by atoms with Gasteiger partial charge < -0.3 is 10.1 Å². The molecule has 2 aliphatic carbocycles. The Bertz CT molecular complexity index is 618. The predicted molar refractivity (Wildman–Crippen MR) is 79.8 cm³/mol. The van der Waals surface area contributed by atoms with Crippen molar-refractivity contribution in [2.45, 2.75) is 50.9 Å². The maximum absolute atomic E-state index is 9.56. The molecule has 0 spiro atoms. The van der Waals surface area contributed by atoms with E-state index in [1.807, 2.05) is 6.07 Å². The zero-order valence-corrected chi connectivity index (χ0v) is 11.8. The van der Waals surface area contributed by atoms with Crippen molar-refractivity contribution in [1.29, 1.82) is 0 Å². The average molecular weight is 270 g/mol. The lowest BCUT2D eigenvalue weighted by Gasteiger charge is -2.38. The average Bonchev–Trinajstić information content (AvgIpc) is 2.89. The molecule has 20 heavy (non-hydrogen) atoms. The van der Waals surface area contributed by atoms with Gasteiger partial charge in [0.25, 0.3) is 0 Å². The topological polar surface area (TPSA) is 48.9 Å². The molecule has 3 unspecified atom stereocenters. The van der Waals surface area contributed by atoms with E-state index in [0.29, 0.717) is 11.7 Å². The minimum atomic E-state index is 0.309. The normalized spacial score (nSPS) is 30.3. The van der Waals surface area contributed by atoms with Crippen LogP contribution in [0.15, 0.2) is 18.2 Å². The lowest BCUT2D eigenvalue weighted by molar-refractivity contribution is 0.153. The molecular weight excluding hydrogens is 248 g/mol. The maximum atomic E-state index is 9.56. The molecule has 2 fully saturated rings. The highest BCUT2D eigenvalue weighted by atomic mass is 16.3. The second-order valence-electron chi connectivity index (χ2n) is 6.64. The molecule has 106 valence electrons. The summed E-state index contributed by atoms with van der Waals surface area (Å²) in [6.45, 7) is 0. The molecule has 4 rings (SSSR count). The van der Waals surface area contributed by atoms with Gasteiger partial charge in [-0.25, -0.2) is 4.98 Å². The van der Waals surface area contributed by atoms with Gasteiger partial charge in [-0.05, 0) is 43.2 Å². The van der Waals surface area contributed by atoms with Crippen molar-refractivity contribution in [1.82, 2.24) is 9.97 Å². The number of fused-ring (bicyclic) bond motifs is 2. The molecular formula is C17H22N2O. The van der Waals surface area contributed by atoms with Crippen molar-refractivity contribution in [2.75, 3.05) is 0 Å². The molecule has 3 heteroatoms. The van der Waals surface area contributed by atoms with Gasteiger partial charge in [0.15, 0.2) is 0 Å². The molecule has 0 saturated heterocycles. The van der Waals surface area contributed by atoms with Gasteiger partial charge >= 0.3 is 0 Å². The monoisotopic (exact) mass is 270 g/mol. The van der Waals surface area contributed by atoms with Crippen LogP contribution < -0.4 is 0 Å². The number of aromatic amines is 1. The van der Waals surface area contributed by atoms with E-state index in [1.165, 1.54) is 44.9 Å². The highest BCUT2D eigenvalue weighted by Gasteiger charge is 2.33. The summed E-state index contributed by atoms with van der Waals surface area (Å²) in [4.78, 5) is 8.18. The SMILES string of the molecule is Oc1ccc2nc(C3CCC4CCCCC4C3)[nH]c2c1. The fraction of sp³-hybridized carbons (Fsp3) is 0.588. The van der Waals surface area contributed by atoms with Crippen LogP contribution in [0.3, 0.4) is 0 Å². The van der Waals surface area contributed by atoms with Gasteiger partial charge in [-0.3, -0.25) is 0 Å². The van der Waals surface area contributed by atoms with E-state index < -0.39 is 0 Å². The first kappa shape index (κ1) is 12.2. The molecule has 2 saturated carbocycles. The summed E-state index contributed by atoms with van der Waals surface area (Å²) in [5.41, 5.74) is 1.94. The molecule has 0 radical (unpaired) electrons. The molecule has 3 nitrogen and oxygen atoms in total. The Morgan fingerprint density at radius 2 is 1.90 bits per heavy atom. The van der Waals surface area contributed by atoms with Crippen molar-refractivity contribution in [3.8, 4) is 5.75 Å². The van der Waals surface area contributed by atoms with Crippen molar-refractivity contribution in [3.63, 3.8) is 0 Å². The van der Waals surface area contributed by atoms with Crippen molar-refractivity contribution < 1.29 is 5.11 Å². The summed E-state index contributed by atoms with van der Waals surface area (Å²) < 4.78 is 0. The van der Waals surface area contributed by atoms with E-state index in [2.05, 4.69) is 4.98 Å². The number of rotatable bonds is 1. The first-order chi connectivity index (χ1) is 9.79. The standard InChI is InChI=1S/C17H22N2O/c20-14-7-8-15-16(10-14)19-17(18-15)13-6-5-11-3-1-2-4-12(11)9-13/h7-8,10-13,20H,1-6,9H2,(H,18,19). The molecule has 0 aliphatic heterocycles. The Morgan fingerprint density at radius 3 is 2.80 bits per heavy atom. The number of nitrogens with one attached hydrogen (secondary N) is 1. The Morgan fingerprint density at radius 1 is 1.05 bits per heavy atom. The van der Waals surface area contributed by atoms with Crippen LogP contribution in [0.2, 0.25) is 0 Å². The molecule has 1 aromatic carbocycles. The number of imidazole rings is 1. The molecule has 3 atom stereocenters. The molecule has 2 aliphatic rings. The van der Waals surface area contributed by atoms with Gasteiger partial charge in [0.1, 0.15) is 11.6 Å². The lowest BCUT2D eigenvalue weighted by Crippen LogP contribution is -2.27. The van der Waals surface area contributed by atoms with Crippen LogP contribution in [0.5, 0.6) is 5.75 Å². The molecule has 0 amide bonds. The van der Waals surface area contributed by atoms with Crippen LogP contribution in [-0.2, 0) is 0 Å². The summed E-state index contributed by atoms with van der Waals surface area (Å²) >= 11 is 0. The number of benzene rings is 1. The Labute approximate surface area is 119 Å². The largest absolute Gasteiger partial charge is 0.508 e. The van der Waals surface area contributed by atoms with E-state index >= 15 is 0 Å². The highest BCUT2D eigenvalue weighted by Crippen LogP contribution is 2.45. The van der Waals surface area contributed by atoms with Gasteiger partial charge in [-0.2, -0.15) is 0 Å². The van der Waals surface area contributed by atoms with Gasteiger partial charge in [0.2, 0.25) is 0 Å². The summed E-state index contributed by atoms with van der Waals surface area (Å²) in [6.07, 6.45) is 9.67. The van der Waals surface area contributed by atoms with E-state index in [9.17, 15) is 5.11 Å². The van der Waals surface area contributed by atoms with Crippen LogP contribution in [-0.4, -0.2) is 15.1 Å². The van der Waals surface area contributed by atoms with Crippen molar-refractivity contribution in [3.05, 3.63) is 24.0 Å². The number of aromatic nitrogens is 2. The van der Waals surface area contributed by atoms with Crippen LogP contribution in [0.1, 0.15) is 56.7 Å². The van der Waals surface area contributed by atoms with E-state index in [-0.39, 0.29) is 0 Å². The zero-order valence-electron chi connectivity index (χ0n) is 11.8. The van der Waals surface area contributed by atoms with Gasteiger partial charge in [-0.15, -0.1) is 0 Å². The third-order valence-electron chi connectivity index (χ3n) is 5.41. The Kier molecular flexibility index (Phi) is 2.94. The summed E-state index contributed by atoms with van der Waals surface area (Å²) in [5.74, 6) is 3.93. The molecule has 1 heterocycles. The number of phenols is 1. The number of hydrogen-bond acceptors (Lipinski definition) is 2. The zero-order chi connectivity index (χ0) is 13.5. The first-order valence-electron chi connectivity index (χ1n) is 7.98. The number of phenolic OH excluding ortho intramolecular Hbond substituents is 1. The van der Waals surface area contributed by atoms with Crippen molar-refractivity contribution >= 4 is 11.0 Å². The summed E-state index contributed by atoms with van der Waals surface area (Å²) in [7, 11) is 0. The number of nitrogens with zero attached hydrogens (tertiary/aromatic N) is 1. The number of H-pyrrole nitrogens is 1. The van der Waals surface area contributed by atoms with Crippen LogP contribution >= 0.6 is 0 Å². The van der Waals surface area contributed by atoms with Crippen LogP contribution in [0.4, 0.5) is 0 Å². The predicted octanol–water partition coefficient (Wildman–Crippen LogP) is 4.34. The third-order valence-corrected chi connectivity index (χ3v) is 5.41. The summed E-state index contributed by atoms with van der Waals surface area (Å²) in [6, 6.07) is 5.39. The minimum Gasteiger partial charge on any atom is -0.508 e. The Hall–Kier alpha value is -1.51. The fourth-order valence-corrected chi connectivity index (χ4v) is 4.33. The fourth-order valence-electron chi connectivity index (χ4n) is 4.33. The number of hydrogen-bond donors (Lipinski definition) is 2. The highest BCUT2D eigenvalue weighted by molar-refractivity contribution is 5.76. The van der Waals surface area contributed by atoms with Crippen LogP contribution in [0.25, 0.3) is 11.0 Å². The maximum Gasteiger partial charge on any atom is 0.117 e. The second kappa shape index (κ2) is 4.80. The molecule has 2 aromatic rings. The van der Waals surface area contributed by atoms with Crippen LogP contribution in [0, 0.1) is 11.8 Å². The molecule has 1 aromatic heterocycles. The quantitative estimate of drug-likeness (QED) is 0.809. The minimum absolute atomic E-state index is 0.309. The third kappa shape index (κ3) is 2.09. The van der Waals surface area contributed by atoms with E-state index in [4.69, 9.17) is 4.98 Å². The first-order valence-corrected chi connectivity index (χ1v) is 7.98. The molecule has 0 bridgehead atoms.